The second-order valence-corrected chi connectivity index (χ2v) is 5.88. The number of urea groups is 1. The van der Waals surface area contributed by atoms with E-state index in [2.05, 4.69) is 29.8 Å². The predicted octanol–water partition coefficient (Wildman–Crippen LogP) is 2.66. The minimum absolute atomic E-state index is 0.159. The molecule has 1 fully saturated rings. The Hall–Kier alpha value is -1.59. The van der Waals surface area contributed by atoms with Gasteiger partial charge in [-0.3, -0.25) is 0 Å². The molecule has 21 heavy (non-hydrogen) atoms. The first-order valence-corrected chi connectivity index (χ1v) is 7.46. The zero-order valence-electron chi connectivity index (χ0n) is 13.0. The standard InChI is InChI=1S/C16H25N3O2/c1-12(17-3)13-4-6-14(7-5-13)18-15(20)19-16(2)8-10-21-11-9-16/h4-7,12,17H,8-11H2,1-3H3,(H2,18,19,20). The summed E-state index contributed by atoms with van der Waals surface area (Å²) in [5.41, 5.74) is 1.82. The fourth-order valence-electron chi connectivity index (χ4n) is 2.41. The summed E-state index contributed by atoms with van der Waals surface area (Å²) in [6.07, 6.45) is 1.69. The van der Waals surface area contributed by atoms with Gasteiger partial charge in [0.25, 0.3) is 0 Å². The zero-order chi connectivity index (χ0) is 15.3. The Bertz CT molecular complexity index is 467. The zero-order valence-corrected chi connectivity index (χ0v) is 13.0. The van der Waals surface area contributed by atoms with E-state index in [0.29, 0.717) is 19.3 Å². The molecule has 1 atom stereocenters. The Kier molecular flexibility index (Phi) is 5.20. The summed E-state index contributed by atoms with van der Waals surface area (Å²) >= 11 is 0. The van der Waals surface area contributed by atoms with Gasteiger partial charge in [-0.1, -0.05) is 12.1 Å². The topological polar surface area (TPSA) is 62.4 Å². The van der Waals surface area contributed by atoms with Crippen molar-refractivity contribution >= 4 is 11.7 Å². The molecule has 0 aliphatic carbocycles. The van der Waals surface area contributed by atoms with Crippen LogP contribution >= 0.6 is 0 Å². The highest BCUT2D eigenvalue weighted by atomic mass is 16.5. The van der Waals surface area contributed by atoms with Crippen molar-refractivity contribution in [2.75, 3.05) is 25.6 Å². The van der Waals surface area contributed by atoms with Crippen molar-refractivity contribution < 1.29 is 9.53 Å². The Labute approximate surface area is 126 Å². The SMILES string of the molecule is CNC(C)c1ccc(NC(=O)NC2(C)CCOCC2)cc1. The van der Waals surface area contributed by atoms with Gasteiger partial charge in [-0.2, -0.15) is 0 Å². The average Bonchev–Trinajstić information content (AvgIpc) is 2.47. The number of hydrogen-bond donors (Lipinski definition) is 3. The van der Waals surface area contributed by atoms with Gasteiger partial charge >= 0.3 is 6.03 Å². The molecule has 2 rings (SSSR count). The largest absolute Gasteiger partial charge is 0.381 e. The number of carbonyl (C=O) groups excluding carboxylic acids is 1. The van der Waals surface area contributed by atoms with Gasteiger partial charge in [0.1, 0.15) is 0 Å². The van der Waals surface area contributed by atoms with E-state index in [1.54, 1.807) is 0 Å². The Morgan fingerprint density at radius 3 is 2.43 bits per heavy atom. The van der Waals surface area contributed by atoms with Crippen LogP contribution in [0.1, 0.15) is 38.3 Å². The molecule has 5 nitrogen and oxygen atoms in total. The molecular weight excluding hydrogens is 266 g/mol. The van der Waals surface area contributed by atoms with Crippen molar-refractivity contribution in [3.63, 3.8) is 0 Å². The molecule has 1 aliphatic heterocycles. The average molecular weight is 291 g/mol. The number of benzene rings is 1. The van der Waals surface area contributed by atoms with Crippen molar-refractivity contribution in [2.24, 2.45) is 0 Å². The summed E-state index contributed by atoms with van der Waals surface area (Å²) in [7, 11) is 1.93. The highest BCUT2D eigenvalue weighted by molar-refractivity contribution is 5.89. The summed E-state index contributed by atoms with van der Waals surface area (Å²) in [6.45, 7) is 5.56. The second-order valence-electron chi connectivity index (χ2n) is 5.88. The predicted molar refractivity (Wildman–Crippen MR) is 84.5 cm³/mol. The van der Waals surface area contributed by atoms with E-state index in [4.69, 9.17) is 4.74 Å². The molecule has 0 spiro atoms. The van der Waals surface area contributed by atoms with Crippen LogP contribution in [0.3, 0.4) is 0 Å². The highest BCUT2D eigenvalue weighted by Gasteiger charge is 2.28. The van der Waals surface area contributed by atoms with Crippen molar-refractivity contribution in [1.29, 1.82) is 0 Å². The minimum Gasteiger partial charge on any atom is -0.381 e. The lowest BCUT2D eigenvalue weighted by molar-refractivity contribution is 0.0500. The van der Waals surface area contributed by atoms with Gasteiger partial charge in [-0.15, -0.1) is 0 Å². The number of rotatable bonds is 4. The van der Waals surface area contributed by atoms with Crippen LogP contribution in [0.5, 0.6) is 0 Å². The van der Waals surface area contributed by atoms with Crippen molar-refractivity contribution in [2.45, 2.75) is 38.3 Å². The fourth-order valence-corrected chi connectivity index (χ4v) is 2.41. The lowest BCUT2D eigenvalue weighted by Crippen LogP contribution is -2.51. The number of anilines is 1. The molecule has 1 aliphatic rings. The van der Waals surface area contributed by atoms with E-state index in [0.717, 1.165) is 18.5 Å². The smallest absolute Gasteiger partial charge is 0.319 e. The molecule has 1 saturated heterocycles. The third-order valence-electron chi connectivity index (χ3n) is 4.11. The normalized spacial score (nSPS) is 18.8. The maximum Gasteiger partial charge on any atom is 0.319 e. The van der Waals surface area contributed by atoms with Crippen molar-refractivity contribution in [3.8, 4) is 0 Å². The fraction of sp³-hybridized carbons (Fsp3) is 0.562. The summed E-state index contributed by atoms with van der Waals surface area (Å²) in [5.74, 6) is 0. The van der Waals surface area contributed by atoms with Crippen LogP contribution < -0.4 is 16.0 Å². The Balaban J connectivity index is 1.90. The summed E-state index contributed by atoms with van der Waals surface area (Å²) in [6, 6.07) is 8.03. The molecule has 2 amide bonds. The van der Waals surface area contributed by atoms with E-state index in [1.165, 1.54) is 5.56 Å². The molecule has 3 N–H and O–H groups in total. The third-order valence-corrected chi connectivity index (χ3v) is 4.11. The van der Waals surface area contributed by atoms with Crippen LogP contribution in [0.4, 0.5) is 10.5 Å². The summed E-state index contributed by atoms with van der Waals surface area (Å²) < 4.78 is 5.33. The van der Waals surface area contributed by atoms with Gasteiger partial charge in [0.15, 0.2) is 0 Å². The second kappa shape index (κ2) is 6.91. The number of carbonyl (C=O) groups is 1. The highest BCUT2D eigenvalue weighted by Crippen LogP contribution is 2.20. The van der Waals surface area contributed by atoms with Gasteiger partial charge in [0.05, 0.1) is 0 Å². The van der Waals surface area contributed by atoms with Gasteiger partial charge < -0.3 is 20.7 Å². The van der Waals surface area contributed by atoms with E-state index in [1.807, 2.05) is 31.3 Å². The summed E-state index contributed by atoms with van der Waals surface area (Å²) in [4.78, 5) is 12.1. The molecule has 0 bridgehead atoms. The molecule has 0 radical (unpaired) electrons. The molecule has 1 aromatic carbocycles. The van der Waals surface area contributed by atoms with Gasteiger partial charge in [0, 0.05) is 30.5 Å². The van der Waals surface area contributed by atoms with Crippen molar-refractivity contribution in [3.05, 3.63) is 29.8 Å². The molecule has 1 aromatic rings. The van der Waals surface area contributed by atoms with Crippen LogP contribution in [0, 0.1) is 0 Å². The first kappa shape index (κ1) is 15.8. The number of amides is 2. The van der Waals surface area contributed by atoms with Crippen LogP contribution in [-0.4, -0.2) is 31.8 Å². The van der Waals surface area contributed by atoms with Crippen LogP contribution in [0.25, 0.3) is 0 Å². The number of hydrogen-bond acceptors (Lipinski definition) is 3. The Morgan fingerprint density at radius 2 is 1.86 bits per heavy atom. The molecule has 0 saturated carbocycles. The van der Waals surface area contributed by atoms with E-state index < -0.39 is 0 Å². The summed E-state index contributed by atoms with van der Waals surface area (Å²) in [5, 5.41) is 9.13. The molecule has 5 heteroatoms. The lowest BCUT2D eigenvalue weighted by atomic mass is 9.93. The van der Waals surface area contributed by atoms with Gasteiger partial charge in [-0.05, 0) is 51.4 Å². The molecule has 116 valence electrons. The van der Waals surface area contributed by atoms with Gasteiger partial charge in [-0.25, -0.2) is 4.79 Å². The van der Waals surface area contributed by atoms with Crippen LogP contribution in [-0.2, 0) is 4.74 Å². The molecule has 1 unspecified atom stereocenters. The van der Waals surface area contributed by atoms with Crippen LogP contribution in [0.2, 0.25) is 0 Å². The minimum atomic E-state index is -0.178. The first-order chi connectivity index (χ1) is 10.0. The van der Waals surface area contributed by atoms with E-state index in [9.17, 15) is 4.79 Å². The molecular formula is C16H25N3O2. The number of ether oxygens (including phenoxy) is 1. The molecule has 1 heterocycles. The third kappa shape index (κ3) is 4.44. The quantitative estimate of drug-likeness (QED) is 0.799. The maximum atomic E-state index is 12.1. The van der Waals surface area contributed by atoms with Gasteiger partial charge in [0.2, 0.25) is 0 Å². The monoisotopic (exact) mass is 291 g/mol. The van der Waals surface area contributed by atoms with Crippen molar-refractivity contribution in [1.82, 2.24) is 10.6 Å². The van der Waals surface area contributed by atoms with E-state index in [-0.39, 0.29) is 11.6 Å². The number of nitrogens with one attached hydrogen (secondary N) is 3. The maximum absolute atomic E-state index is 12.1. The first-order valence-electron chi connectivity index (χ1n) is 7.46. The Morgan fingerprint density at radius 1 is 1.24 bits per heavy atom. The van der Waals surface area contributed by atoms with E-state index >= 15 is 0 Å². The van der Waals surface area contributed by atoms with Crippen LogP contribution in [0.15, 0.2) is 24.3 Å². The lowest BCUT2D eigenvalue weighted by Gasteiger charge is -2.34. The molecule has 0 aromatic heterocycles.